The van der Waals surface area contributed by atoms with Crippen molar-refractivity contribution in [2.75, 3.05) is 7.05 Å². The molecule has 0 saturated carbocycles. The molecule has 4 nitrogen and oxygen atoms in total. The van der Waals surface area contributed by atoms with E-state index in [9.17, 15) is 9.59 Å². The van der Waals surface area contributed by atoms with Crippen LogP contribution in [-0.4, -0.2) is 25.4 Å². The van der Waals surface area contributed by atoms with E-state index >= 15 is 0 Å². The molecule has 0 rings (SSSR count). The number of likely N-dealkylation sites (N-methyl/N-ethyl adjacent to an activating group) is 1. The molecule has 0 aromatic carbocycles. The van der Waals surface area contributed by atoms with Gasteiger partial charge in [-0.25, -0.2) is 0 Å². The number of hydrogen-bond acceptors (Lipinski definition) is 2. The topological polar surface area (TPSA) is 58.2 Å². The molecular formula is C6H12N2O2. The molecule has 0 spiro atoms. The first-order valence-electron chi connectivity index (χ1n) is 3.17. The van der Waals surface area contributed by atoms with Crippen LogP contribution < -0.4 is 10.6 Å². The second-order valence-electron chi connectivity index (χ2n) is 1.86. The Labute approximate surface area is 60.0 Å². The second kappa shape index (κ2) is 4.78. The maximum atomic E-state index is 10.8. The van der Waals surface area contributed by atoms with Crippen molar-refractivity contribution in [2.45, 2.75) is 19.4 Å². The number of amides is 2. The van der Waals surface area contributed by atoms with Gasteiger partial charge in [0.2, 0.25) is 12.3 Å². The monoisotopic (exact) mass is 144 g/mol. The molecule has 0 fully saturated rings. The fraction of sp³-hybridized carbons (Fsp3) is 0.667. The largest absolute Gasteiger partial charge is 0.357 e. The van der Waals surface area contributed by atoms with Crippen LogP contribution in [0.25, 0.3) is 0 Å². The van der Waals surface area contributed by atoms with Crippen molar-refractivity contribution < 1.29 is 9.59 Å². The fourth-order valence-corrected chi connectivity index (χ4v) is 0.635. The molecule has 0 radical (unpaired) electrons. The Morgan fingerprint density at radius 3 is 2.60 bits per heavy atom. The highest BCUT2D eigenvalue weighted by Crippen LogP contribution is 1.87. The van der Waals surface area contributed by atoms with Gasteiger partial charge in [-0.15, -0.1) is 0 Å². The highest BCUT2D eigenvalue weighted by atomic mass is 16.2. The molecule has 58 valence electrons. The summed E-state index contributed by atoms with van der Waals surface area (Å²) in [6, 6.07) is -0.387. The van der Waals surface area contributed by atoms with Gasteiger partial charge in [0.15, 0.2) is 0 Å². The van der Waals surface area contributed by atoms with Crippen molar-refractivity contribution in [1.82, 2.24) is 10.6 Å². The van der Waals surface area contributed by atoms with Gasteiger partial charge in [-0.2, -0.15) is 0 Å². The number of hydrogen-bond donors (Lipinski definition) is 2. The van der Waals surface area contributed by atoms with E-state index in [2.05, 4.69) is 10.6 Å². The van der Waals surface area contributed by atoms with Crippen molar-refractivity contribution in [2.24, 2.45) is 0 Å². The van der Waals surface area contributed by atoms with Gasteiger partial charge in [0.1, 0.15) is 6.04 Å². The van der Waals surface area contributed by atoms with E-state index in [1.54, 1.807) is 0 Å². The summed E-state index contributed by atoms with van der Waals surface area (Å²) in [6.45, 7) is 1.83. The van der Waals surface area contributed by atoms with Crippen LogP contribution in [0.5, 0.6) is 0 Å². The molecule has 2 amide bonds. The van der Waals surface area contributed by atoms with Gasteiger partial charge >= 0.3 is 0 Å². The average Bonchev–Trinajstić information content (AvgIpc) is 1.99. The number of carbonyl (C=O) groups is 2. The van der Waals surface area contributed by atoms with Crippen molar-refractivity contribution in [3.05, 3.63) is 0 Å². The van der Waals surface area contributed by atoms with Crippen LogP contribution in [0.15, 0.2) is 0 Å². The minimum atomic E-state index is -0.387. The van der Waals surface area contributed by atoms with Gasteiger partial charge in [0, 0.05) is 7.05 Å². The Morgan fingerprint density at radius 2 is 2.30 bits per heavy atom. The van der Waals surface area contributed by atoms with E-state index in [1.807, 2.05) is 6.92 Å². The maximum absolute atomic E-state index is 10.8. The molecular weight excluding hydrogens is 132 g/mol. The number of nitrogens with one attached hydrogen (secondary N) is 2. The van der Waals surface area contributed by atoms with Gasteiger partial charge in [0.05, 0.1) is 0 Å². The smallest absolute Gasteiger partial charge is 0.242 e. The van der Waals surface area contributed by atoms with Crippen LogP contribution in [-0.2, 0) is 9.59 Å². The third-order valence-corrected chi connectivity index (χ3v) is 1.24. The zero-order chi connectivity index (χ0) is 7.98. The molecule has 0 aromatic heterocycles. The molecule has 0 aromatic rings. The Bertz CT molecular complexity index is 125. The van der Waals surface area contributed by atoms with Gasteiger partial charge in [0.25, 0.3) is 0 Å². The van der Waals surface area contributed by atoms with Gasteiger partial charge in [-0.3, -0.25) is 9.59 Å². The van der Waals surface area contributed by atoms with Crippen molar-refractivity contribution in [1.29, 1.82) is 0 Å². The summed E-state index contributed by atoms with van der Waals surface area (Å²) in [4.78, 5) is 20.7. The van der Waals surface area contributed by atoms with Crippen LogP contribution in [0.3, 0.4) is 0 Å². The molecule has 0 unspecified atom stereocenters. The predicted octanol–water partition coefficient (Wildman–Crippen LogP) is -0.743. The highest BCUT2D eigenvalue weighted by Gasteiger charge is 2.11. The predicted molar refractivity (Wildman–Crippen MR) is 37.3 cm³/mol. The summed E-state index contributed by atoms with van der Waals surface area (Å²) >= 11 is 0. The molecule has 0 aliphatic heterocycles. The standard InChI is InChI=1S/C6H12N2O2/c1-3-5(8-4-9)6(10)7-2/h4-5H,3H2,1-2H3,(H,7,10)(H,8,9)/t5-/m0/s1. The molecule has 0 saturated heterocycles. The minimum absolute atomic E-state index is 0.158. The van der Waals surface area contributed by atoms with Gasteiger partial charge in [-0.1, -0.05) is 6.92 Å². The lowest BCUT2D eigenvalue weighted by Gasteiger charge is -2.10. The van der Waals surface area contributed by atoms with Gasteiger partial charge < -0.3 is 10.6 Å². The first-order chi connectivity index (χ1) is 4.76. The van der Waals surface area contributed by atoms with Crippen LogP contribution in [0.1, 0.15) is 13.3 Å². The molecule has 0 aliphatic carbocycles. The average molecular weight is 144 g/mol. The van der Waals surface area contributed by atoms with Crippen LogP contribution in [0.2, 0.25) is 0 Å². The summed E-state index contributed by atoms with van der Waals surface area (Å²) < 4.78 is 0. The Hall–Kier alpha value is -1.06. The second-order valence-corrected chi connectivity index (χ2v) is 1.86. The van der Waals surface area contributed by atoms with E-state index < -0.39 is 0 Å². The van der Waals surface area contributed by atoms with Crippen LogP contribution in [0.4, 0.5) is 0 Å². The quantitative estimate of drug-likeness (QED) is 0.510. The van der Waals surface area contributed by atoms with E-state index in [-0.39, 0.29) is 11.9 Å². The molecule has 10 heavy (non-hydrogen) atoms. The summed E-state index contributed by atoms with van der Waals surface area (Å²) in [6.07, 6.45) is 1.14. The Balaban J connectivity index is 3.79. The fourth-order valence-electron chi connectivity index (χ4n) is 0.635. The summed E-state index contributed by atoms with van der Waals surface area (Å²) in [5.74, 6) is -0.158. The number of carbonyl (C=O) groups excluding carboxylic acids is 2. The molecule has 2 N–H and O–H groups in total. The molecule has 0 heterocycles. The first kappa shape index (κ1) is 8.94. The third kappa shape index (κ3) is 2.48. The summed E-state index contributed by atoms with van der Waals surface area (Å²) in [5, 5.41) is 4.83. The molecule has 4 heteroatoms. The van der Waals surface area contributed by atoms with Crippen molar-refractivity contribution in [3.8, 4) is 0 Å². The minimum Gasteiger partial charge on any atom is -0.357 e. The number of rotatable bonds is 4. The van der Waals surface area contributed by atoms with Crippen molar-refractivity contribution >= 4 is 12.3 Å². The SMILES string of the molecule is CC[C@H](NC=O)C(=O)NC. The Morgan fingerprint density at radius 1 is 1.70 bits per heavy atom. The lowest BCUT2D eigenvalue weighted by Crippen LogP contribution is -2.41. The van der Waals surface area contributed by atoms with E-state index in [1.165, 1.54) is 7.05 Å². The van der Waals surface area contributed by atoms with E-state index in [0.29, 0.717) is 12.8 Å². The lowest BCUT2D eigenvalue weighted by atomic mass is 10.2. The zero-order valence-corrected chi connectivity index (χ0v) is 6.18. The van der Waals surface area contributed by atoms with Gasteiger partial charge in [-0.05, 0) is 6.42 Å². The van der Waals surface area contributed by atoms with Crippen LogP contribution in [0, 0.1) is 0 Å². The van der Waals surface area contributed by atoms with Crippen molar-refractivity contribution in [3.63, 3.8) is 0 Å². The summed E-state index contributed by atoms with van der Waals surface area (Å²) in [5.41, 5.74) is 0. The molecule has 1 atom stereocenters. The van der Waals surface area contributed by atoms with E-state index in [0.717, 1.165) is 0 Å². The lowest BCUT2D eigenvalue weighted by molar-refractivity contribution is -0.124. The normalized spacial score (nSPS) is 11.8. The molecule has 0 bridgehead atoms. The zero-order valence-electron chi connectivity index (χ0n) is 6.18. The van der Waals surface area contributed by atoms with Crippen LogP contribution >= 0.6 is 0 Å². The first-order valence-corrected chi connectivity index (χ1v) is 3.17. The highest BCUT2D eigenvalue weighted by molar-refractivity contribution is 5.83. The summed E-state index contributed by atoms with van der Waals surface area (Å²) in [7, 11) is 1.54. The Kier molecular flexibility index (Phi) is 4.28. The maximum Gasteiger partial charge on any atom is 0.242 e. The molecule has 0 aliphatic rings. The third-order valence-electron chi connectivity index (χ3n) is 1.24. The van der Waals surface area contributed by atoms with E-state index in [4.69, 9.17) is 0 Å².